The number of nitrogens with two attached hydrogens (primary N) is 1. The van der Waals surface area contributed by atoms with E-state index >= 15 is 0 Å². The van der Waals surface area contributed by atoms with Crippen LogP contribution in [0.4, 0.5) is 0 Å². The molecule has 1 aromatic rings. The van der Waals surface area contributed by atoms with E-state index in [2.05, 4.69) is 5.32 Å². The van der Waals surface area contributed by atoms with E-state index in [1.807, 2.05) is 0 Å². The van der Waals surface area contributed by atoms with Crippen LogP contribution in [-0.4, -0.2) is 35.5 Å². The van der Waals surface area contributed by atoms with E-state index in [1.165, 1.54) is 19.1 Å². The molecule has 4 N–H and O–H groups in total. The standard InChI is InChI=1S/C12H14N2O5/c1-7(12(17)18)14-11(16)8-4-2-3-5-9(8)19-6-10(13)15/h2-5,7H,6H2,1H3,(H2,13,15)(H,14,16)(H,17,18)/t7-/m0/s1. The number of ether oxygens (including phenoxy) is 1. The molecular formula is C12H14N2O5. The zero-order valence-electron chi connectivity index (χ0n) is 10.3. The first-order chi connectivity index (χ1) is 8.91. The van der Waals surface area contributed by atoms with Crippen molar-refractivity contribution in [2.24, 2.45) is 5.73 Å². The molecule has 1 aromatic carbocycles. The highest BCUT2D eigenvalue weighted by Crippen LogP contribution is 2.17. The summed E-state index contributed by atoms with van der Waals surface area (Å²) in [6.45, 7) is 0.978. The number of nitrogens with one attached hydrogen (secondary N) is 1. The summed E-state index contributed by atoms with van der Waals surface area (Å²) in [5, 5.41) is 11.0. The Morgan fingerprint density at radius 2 is 2.00 bits per heavy atom. The predicted molar refractivity (Wildman–Crippen MR) is 65.7 cm³/mol. The minimum absolute atomic E-state index is 0.136. The monoisotopic (exact) mass is 266 g/mol. The van der Waals surface area contributed by atoms with Gasteiger partial charge in [0.05, 0.1) is 5.56 Å². The molecule has 0 aromatic heterocycles. The molecule has 0 unspecified atom stereocenters. The lowest BCUT2D eigenvalue weighted by atomic mass is 10.1. The van der Waals surface area contributed by atoms with Gasteiger partial charge in [-0.1, -0.05) is 12.1 Å². The number of carbonyl (C=O) groups excluding carboxylic acids is 2. The Hall–Kier alpha value is -2.57. The molecule has 19 heavy (non-hydrogen) atoms. The molecule has 0 radical (unpaired) electrons. The first-order valence-corrected chi connectivity index (χ1v) is 5.45. The predicted octanol–water partition coefficient (Wildman–Crippen LogP) is -0.246. The number of carboxylic acids is 1. The molecule has 1 rings (SSSR count). The van der Waals surface area contributed by atoms with Gasteiger partial charge in [0, 0.05) is 0 Å². The molecule has 0 spiro atoms. The second kappa shape index (κ2) is 6.39. The van der Waals surface area contributed by atoms with E-state index in [-0.39, 0.29) is 17.9 Å². The lowest BCUT2D eigenvalue weighted by Gasteiger charge is -2.12. The van der Waals surface area contributed by atoms with Crippen LogP contribution in [0, 0.1) is 0 Å². The highest BCUT2D eigenvalue weighted by molar-refractivity contribution is 5.98. The number of primary amides is 1. The number of benzene rings is 1. The van der Waals surface area contributed by atoms with Crippen molar-refractivity contribution < 1.29 is 24.2 Å². The summed E-state index contributed by atoms with van der Waals surface area (Å²) in [5.41, 5.74) is 5.08. The molecule has 0 bridgehead atoms. The van der Waals surface area contributed by atoms with Crippen molar-refractivity contribution in [3.63, 3.8) is 0 Å². The molecular weight excluding hydrogens is 252 g/mol. The van der Waals surface area contributed by atoms with Crippen molar-refractivity contribution in [1.29, 1.82) is 0 Å². The second-order valence-electron chi connectivity index (χ2n) is 3.78. The number of carboxylic acid groups (broad SMARTS) is 1. The fourth-order valence-corrected chi connectivity index (χ4v) is 1.27. The van der Waals surface area contributed by atoms with Crippen molar-refractivity contribution in [3.8, 4) is 5.75 Å². The van der Waals surface area contributed by atoms with Crippen LogP contribution in [0.25, 0.3) is 0 Å². The third-order valence-corrected chi connectivity index (χ3v) is 2.22. The summed E-state index contributed by atoms with van der Waals surface area (Å²) < 4.78 is 5.08. The number of rotatable bonds is 6. The SMILES string of the molecule is C[C@H](NC(=O)c1ccccc1OCC(N)=O)C(=O)O. The summed E-state index contributed by atoms with van der Waals surface area (Å²) >= 11 is 0. The zero-order valence-corrected chi connectivity index (χ0v) is 10.3. The Morgan fingerprint density at radius 3 is 2.58 bits per heavy atom. The van der Waals surface area contributed by atoms with Crippen molar-refractivity contribution in [2.75, 3.05) is 6.61 Å². The molecule has 0 aliphatic carbocycles. The van der Waals surface area contributed by atoms with E-state index in [4.69, 9.17) is 15.6 Å². The van der Waals surface area contributed by atoms with Crippen LogP contribution in [0.2, 0.25) is 0 Å². The Labute approximate surface area is 109 Å². The Kier molecular flexibility index (Phi) is 4.87. The molecule has 0 fully saturated rings. The molecule has 0 heterocycles. The first kappa shape index (κ1) is 14.5. The van der Waals surface area contributed by atoms with Crippen LogP contribution >= 0.6 is 0 Å². The summed E-state index contributed by atoms with van der Waals surface area (Å²) in [6.07, 6.45) is 0. The maximum absolute atomic E-state index is 11.9. The average Bonchev–Trinajstić information content (AvgIpc) is 2.36. The van der Waals surface area contributed by atoms with Crippen LogP contribution < -0.4 is 15.8 Å². The second-order valence-corrected chi connectivity index (χ2v) is 3.78. The van der Waals surface area contributed by atoms with E-state index in [9.17, 15) is 14.4 Å². The highest BCUT2D eigenvalue weighted by Gasteiger charge is 2.18. The first-order valence-electron chi connectivity index (χ1n) is 5.45. The van der Waals surface area contributed by atoms with Crippen LogP contribution in [0.1, 0.15) is 17.3 Å². The molecule has 7 heteroatoms. The number of amides is 2. The fourth-order valence-electron chi connectivity index (χ4n) is 1.27. The maximum atomic E-state index is 11.9. The summed E-state index contributed by atoms with van der Waals surface area (Å²) in [6, 6.07) is 5.13. The minimum Gasteiger partial charge on any atom is -0.483 e. The Bertz CT molecular complexity index is 501. The van der Waals surface area contributed by atoms with Crippen LogP contribution in [-0.2, 0) is 9.59 Å². The third-order valence-electron chi connectivity index (χ3n) is 2.22. The van der Waals surface area contributed by atoms with Gasteiger partial charge in [0.15, 0.2) is 6.61 Å². The quantitative estimate of drug-likeness (QED) is 0.656. The molecule has 1 atom stereocenters. The van der Waals surface area contributed by atoms with E-state index in [0.717, 1.165) is 0 Å². The number of hydrogen-bond donors (Lipinski definition) is 3. The van der Waals surface area contributed by atoms with Gasteiger partial charge in [0.2, 0.25) is 0 Å². The zero-order chi connectivity index (χ0) is 14.4. The van der Waals surface area contributed by atoms with Crippen LogP contribution in [0.5, 0.6) is 5.75 Å². The molecule has 102 valence electrons. The molecule has 0 aliphatic rings. The summed E-state index contributed by atoms with van der Waals surface area (Å²) in [5.74, 6) is -2.26. The van der Waals surface area contributed by atoms with Gasteiger partial charge in [-0.05, 0) is 19.1 Å². The van der Waals surface area contributed by atoms with Gasteiger partial charge in [0.25, 0.3) is 11.8 Å². The summed E-state index contributed by atoms with van der Waals surface area (Å²) in [4.78, 5) is 33.2. The van der Waals surface area contributed by atoms with Gasteiger partial charge in [-0.3, -0.25) is 14.4 Å². The largest absolute Gasteiger partial charge is 0.483 e. The van der Waals surface area contributed by atoms with Crippen molar-refractivity contribution in [1.82, 2.24) is 5.32 Å². The van der Waals surface area contributed by atoms with Gasteiger partial charge in [-0.25, -0.2) is 0 Å². The molecule has 0 saturated heterocycles. The number of carbonyl (C=O) groups is 3. The third kappa shape index (κ3) is 4.30. The van der Waals surface area contributed by atoms with E-state index in [1.54, 1.807) is 12.1 Å². The van der Waals surface area contributed by atoms with Gasteiger partial charge < -0.3 is 20.9 Å². The molecule has 7 nitrogen and oxygen atoms in total. The number of para-hydroxylation sites is 1. The molecule has 0 aliphatic heterocycles. The van der Waals surface area contributed by atoms with Gasteiger partial charge in [-0.15, -0.1) is 0 Å². The van der Waals surface area contributed by atoms with E-state index in [0.29, 0.717) is 0 Å². The smallest absolute Gasteiger partial charge is 0.325 e. The lowest BCUT2D eigenvalue weighted by Crippen LogP contribution is -2.38. The Morgan fingerprint density at radius 1 is 1.37 bits per heavy atom. The normalized spacial score (nSPS) is 11.4. The maximum Gasteiger partial charge on any atom is 0.325 e. The number of aliphatic carboxylic acids is 1. The Balaban J connectivity index is 2.84. The molecule has 2 amide bonds. The topological polar surface area (TPSA) is 119 Å². The van der Waals surface area contributed by atoms with Crippen molar-refractivity contribution >= 4 is 17.8 Å². The average molecular weight is 266 g/mol. The fraction of sp³-hybridized carbons (Fsp3) is 0.250. The number of hydrogen-bond acceptors (Lipinski definition) is 4. The van der Waals surface area contributed by atoms with Crippen LogP contribution in [0.15, 0.2) is 24.3 Å². The van der Waals surface area contributed by atoms with Crippen molar-refractivity contribution in [2.45, 2.75) is 13.0 Å². The van der Waals surface area contributed by atoms with Gasteiger partial charge >= 0.3 is 5.97 Å². The molecule has 0 saturated carbocycles. The van der Waals surface area contributed by atoms with Gasteiger partial charge in [-0.2, -0.15) is 0 Å². The van der Waals surface area contributed by atoms with E-state index < -0.39 is 23.8 Å². The highest BCUT2D eigenvalue weighted by atomic mass is 16.5. The van der Waals surface area contributed by atoms with Crippen LogP contribution in [0.3, 0.4) is 0 Å². The lowest BCUT2D eigenvalue weighted by molar-refractivity contribution is -0.138. The van der Waals surface area contributed by atoms with Gasteiger partial charge in [0.1, 0.15) is 11.8 Å². The minimum atomic E-state index is -1.15. The summed E-state index contributed by atoms with van der Waals surface area (Å²) in [7, 11) is 0. The van der Waals surface area contributed by atoms with Crippen molar-refractivity contribution in [3.05, 3.63) is 29.8 Å².